The number of rotatable bonds is 0. The lowest BCUT2D eigenvalue weighted by molar-refractivity contribution is -0.259. The number of nitrogens with one attached hydrogen (secondary N) is 1. The highest BCUT2D eigenvalue weighted by molar-refractivity contribution is 4.90. The lowest BCUT2D eigenvalue weighted by Gasteiger charge is -2.28. The SMILES string of the molecule is O[C@@]1(C(F)(F)F)CCCCNC1. The minimum Gasteiger partial charge on any atom is -0.379 e. The molecule has 0 aromatic carbocycles. The molecule has 72 valence electrons. The number of β-amino-alcohol motifs (C(OH)–C–C–N with tert-alkyl or cyclic N) is 1. The number of halogens is 3. The molecule has 1 saturated heterocycles. The van der Waals surface area contributed by atoms with Gasteiger partial charge in [0.1, 0.15) is 0 Å². The third-order valence-electron chi connectivity index (χ3n) is 2.14. The summed E-state index contributed by atoms with van der Waals surface area (Å²) in [5.74, 6) is 0. The van der Waals surface area contributed by atoms with Crippen molar-refractivity contribution in [3.05, 3.63) is 0 Å². The summed E-state index contributed by atoms with van der Waals surface area (Å²) >= 11 is 0. The van der Waals surface area contributed by atoms with Gasteiger partial charge in [-0.3, -0.25) is 0 Å². The zero-order valence-corrected chi connectivity index (χ0v) is 6.62. The van der Waals surface area contributed by atoms with Crippen molar-refractivity contribution in [2.75, 3.05) is 13.1 Å². The van der Waals surface area contributed by atoms with E-state index in [-0.39, 0.29) is 13.0 Å². The smallest absolute Gasteiger partial charge is 0.379 e. The first kappa shape index (κ1) is 9.80. The lowest BCUT2D eigenvalue weighted by atomic mass is 9.97. The summed E-state index contributed by atoms with van der Waals surface area (Å²) in [6.45, 7) is 0.175. The van der Waals surface area contributed by atoms with Gasteiger partial charge in [-0.05, 0) is 25.8 Å². The molecule has 12 heavy (non-hydrogen) atoms. The van der Waals surface area contributed by atoms with Crippen LogP contribution in [0.3, 0.4) is 0 Å². The Morgan fingerprint density at radius 2 is 1.92 bits per heavy atom. The molecule has 0 aromatic rings. The van der Waals surface area contributed by atoms with Gasteiger partial charge in [-0.1, -0.05) is 0 Å². The quantitative estimate of drug-likeness (QED) is 0.588. The van der Waals surface area contributed by atoms with Gasteiger partial charge in [0, 0.05) is 6.54 Å². The van der Waals surface area contributed by atoms with Gasteiger partial charge < -0.3 is 10.4 Å². The van der Waals surface area contributed by atoms with Crippen LogP contribution in [0.1, 0.15) is 19.3 Å². The maximum Gasteiger partial charge on any atom is 0.418 e. The molecule has 0 spiro atoms. The van der Waals surface area contributed by atoms with Crippen LogP contribution in [0.4, 0.5) is 13.2 Å². The van der Waals surface area contributed by atoms with E-state index in [4.69, 9.17) is 0 Å². The molecule has 1 heterocycles. The third-order valence-corrected chi connectivity index (χ3v) is 2.14. The number of aliphatic hydroxyl groups is 1. The molecule has 0 aromatic heterocycles. The average molecular weight is 183 g/mol. The van der Waals surface area contributed by atoms with E-state index >= 15 is 0 Å². The molecule has 0 amide bonds. The van der Waals surface area contributed by atoms with Gasteiger partial charge in [-0.15, -0.1) is 0 Å². The maximum absolute atomic E-state index is 12.2. The van der Waals surface area contributed by atoms with Gasteiger partial charge in [0.2, 0.25) is 0 Å². The van der Waals surface area contributed by atoms with Crippen molar-refractivity contribution >= 4 is 0 Å². The fourth-order valence-electron chi connectivity index (χ4n) is 1.29. The largest absolute Gasteiger partial charge is 0.418 e. The first-order valence-electron chi connectivity index (χ1n) is 3.95. The Kier molecular flexibility index (Phi) is 2.63. The van der Waals surface area contributed by atoms with Crippen molar-refractivity contribution < 1.29 is 18.3 Å². The monoisotopic (exact) mass is 183 g/mol. The fraction of sp³-hybridized carbons (Fsp3) is 1.00. The number of alkyl halides is 3. The van der Waals surface area contributed by atoms with Crippen LogP contribution < -0.4 is 5.32 Å². The fourth-order valence-corrected chi connectivity index (χ4v) is 1.29. The van der Waals surface area contributed by atoms with Gasteiger partial charge in [0.05, 0.1) is 0 Å². The van der Waals surface area contributed by atoms with Crippen molar-refractivity contribution in [3.8, 4) is 0 Å². The van der Waals surface area contributed by atoms with E-state index in [1.807, 2.05) is 0 Å². The molecule has 1 rings (SSSR count). The molecule has 0 bridgehead atoms. The number of hydrogen-bond donors (Lipinski definition) is 2. The molecular weight excluding hydrogens is 171 g/mol. The maximum atomic E-state index is 12.2. The Morgan fingerprint density at radius 3 is 2.50 bits per heavy atom. The van der Waals surface area contributed by atoms with Crippen molar-refractivity contribution in [2.45, 2.75) is 31.0 Å². The predicted molar refractivity (Wildman–Crippen MR) is 37.7 cm³/mol. The molecule has 5 heteroatoms. The van der Waals surface area contributed by atoms with Crippen LogP contribution in [-0.2, 0) is 0 Å². The zero-order valence-electron chi connectivity index (χ0n) is 6.62. The van der Waals surface area contributed by atoms with Crippen LogP contribution in [-0.4, -0.2) is 30.0 Å². The van der Waals surface area contributed by atoms with Gasteiger partial charge in [0.25, 0.3) is 0 Å². The molecule has 1 atom stereocenters. The summed E-state index contributed by atoms with van der Waals surface area (Å²) in [6.07, 6.45) is -3.59. The van der Waals surface area contributed by atoms with E-state index < -0.39 is 11.8 Å². The molecule has 0 unspecified atom stereocenters. The molecule has 0 saturated carbocycles. The van der Waals surface area contributed by atoms with Crippen LogP contribution in [0.15, 0.2) is 0 Å². The summed E-state index contributed by atoms with van der Waals surface area (Å²) in [7, 11) is 0. The van der Waals surface area contributed by atoms with E-state index in [1.165, 1.54) is 0 Å². The van der Waals surface area contributed by atoms with Crippen LogP contribution >= 0.6 is 0 Å². The van der Waals surface area contributed by atoms with Crippen LogP contribution in [0, 0.1) is 0 Å². The van der Waals surface area contributed by atoms with Crippen molar-refractivity contribution in [1.82, 2.24) is 5.32 Å². The van der Waals surface area contributed by atoms with Gasteiger partial charge in [-0.25, -0.2) is 0 Å². The van der Waals surface area contributed by atoms with Gasteiger partial charge in [-0.2, -0.15) is 13.2 Å². The standard InChI is InChI=1S/C7H12F3NO/c8-7(9,10)6(12)3-1-2-4-11-5-6/h11-12H,1-5H2/t6-/m0/s1. The molecule has 2 nitrogen and oxygen atoms in total. The first-order valence-corrected chi connectivity index (χ1v) is 3.95. The Morgan fingerprint density at radius 1 is 1.25 bits per heavy atom. The highest BCUT2D eigenvalue weighted by Gasteiger charge is 2.53. The predicted octanol–water partition coefficient (Wildman–Crippen LogP) is 1.05. The topological polar surface area (TPSA) is 32.3 Å². The Hall–Kier alpha value is -0.290. The van der Waals surface area contributed by atoms with Crippen molar-refractivity contribution in [3.63, 3.8) is 0 Å². The van der Waals surface area contributed by atoms with Crippen LogP contribution in [0.25, 0.3) is 0 Å². The van der Waals surface area contributed by atoms with Crippen molar-refractivity contribution in [2.24, 2.45) is 0 Å². The highest BCUT2D eigenvalue weighted by atomic mass is 19.4. The molecule has 0 radical (unpaired) electrons. The van der Waals surface area contributed by atoms with E-state index in [2.05, 4.69) is 5.32 Å². The summed E-state index contributed by atoms with van der Waals surface area (Å²) in [5, 5.41) is 11.8. The van der Waals surface area contributed by atoms with E-state index in [1.54, 1.807) is 0 Å². The number of hydrogen-bond acceptors (Lipinski definition) is 2. The molecule has 1 fully saturated rings. The molecule has 1 aliphatic heterocycles. The third kappa shape index (κ3) is 1.90. The van der Waals surface area contributed by atoms with E-state index in [0.29, 0.717) is 19.4 Å². The summed E-state index contributed by atoms with van der Waals surface area (Å²) in [4.78, 5) is 0. The van der Waals surface area contributed by atoms with Crippen LogP contribution in [0.5, 0.6) is 0 Å². The second kappa shape index (κ2) is 3.22. The Balaban J connectivity index is 2.67. The lowest BCUT2D eigenvalue weighted by Crippen LogP contribution is -2.51. The minimum absolute atomic E-state index is 0.191. The van der Waals surface area contributed by atoms with E-state index in [9.17, 15) is 18.3 Å². The molecular formula is C7H12F3NO. The average Bonchev–Trinajstić information content (AvgIpc) is 2.12. The second-order valence-corrected chi connectivity index (χ2v) is 3.16. The Bertz CT molecular complexity index is 149. The normalized spacial score (nSPS) is 33.0. The first-order chi connectivity index (χ1) is 5.46. The summed E-state index contributed by atoms with van der Waals surface area (Å²) in [5.41, 5.74) is -2.51. The van der Waals surface area contributed by atoms with Crippen LogP contribution in [0.2, 0.25) is 0 Å². The summed E-state index contributed by atoms with van der Waals surface area (Å²) in [6, 6.07) is 0. The molecule has 2 N–H and O–H groups in total. The Labute approximate surface area is 68.8 Å². The molecule has 0 aliphatic carbocycles. The highest BCUT2D eigenvalue weighted by Crippen LogP contribution is 2.34. The van der Waals surface area contributed by atoms with Gasteiger partial charge in [0.15, 0.2) is 5.60 Å². The van der Waals surface area contributed by atoms with Gasteiger partial charge >= 0.3 is 6.18 Å². The molecule has 1 aliphatic rings. The summed E-state index contributed by atoms with van der Waals surface area (Å²) < 4.78 is 36.6. The zero-order chi connectivity index (χ0) is 9.24. The second-order valence-electron chi connectivity index (χ2n) is 3.16. The van der Waals surface area contributed by atoms with Crippen molar-refractivity contribution in [1.29, 1.82) is 0 Å². The minimum atomic E-state index is -4.51. The van der Waals surface area contributed by atoms with E-state index in [0.717, 1.165) is 0 Å².